The molecule has 1 aromatic carbocycles. The Kier molecular flexibility index (Phi) is 3.07. The lowest BCUT2D eigenvalue weighted by Crippen LogP contribution is -2.34. The lowest BCUT2D eigenvalue weighted by atomic mass is 9.83. The molecular formula is C15H23N. The lowest BCUT2D eigenvalue weighted by molar-refractivity contribution is 0.467. The lowest BCUT2D eigenvalue weighted by Gasteiger charge is -2.26. The van der Waals surface area contributed by atoms with Gasteiger partial charge in [0, 0.05) is 18.0 Å². The summed E-state index contributed by atoms with van der Waals surface area (Å²) in [5.41, 5.74) is 4.43. The van der Waals surface area contributed by atoms with Gasteiger partial charge in [0.25, 0.3) is 0 Å². The molecule has 1 fully saturated rings. The van der Waals surface area contributed by atoms with Crippen molar-refractivity contribution in [2.45, 2.75) is 52.0 Å². The van der Waals surface area contributed by atoms with Crippen molar-refractivity contribution in [1.29, 1.82) is 0 Å². The Morgan fingerprint density at radius 1 is 1.12 bits per heavy atom. The Balaban J connectivity index is 2.12. The third kappa shape index (κ3) is 2.85. The molecule has 16 heavy (non-hydrogen) atoms. The maximum absolute atomic E-state index is 3.63. The molecule has 0 unspecified atom stereocenters. The minimum atomic E-state index is 0.235. The van der Waals surface area contributed by atoms with Crippen LogP contribution in [0.2, 0.25) is 0 Å². The molecule has 0 amide bonds. The van der Waals surface area contributed by atoms with Crippen molar-refractivity contribution in [3.05, 3.63) is 34.9 Å². The van der Waals surface area contributed by atoms with Gasteiger partial charge < -0.3 is 5.32 Å². The Labute approximate surface area is 99.3 Å². The number of nitrogens with one attached hydrogen (secondary N) is 1. The summed E-state index contributed by atoms with van der Waals surface area (Å²) in [6, 6.07) is 7.68. The Morgan fingerprint density at radius 2 is 1.69 bits per heavy atom. The minimum absolute atomic E-state index is 0.235. The highest BCUT2D eigenvalue weighted by Gasteiger charge is 2.26. The maximum Gasteiger partial charge on any atom is 0.00685 e. The third-order valence-corrected chi connectivity index (χ3v) is 3.41. The average molecular weight is 217 g/mol. The normalized spacial score (nSPS) is 16.5. The van der Waals surface area contributed by atoms with Crippen LogP contribution in [0.25, 0.3) is 0 Å². The van der Waals surface area contributed by atoms with Crippen molar-refractivity contribution in [3.63, 3.8) is 0 Å². The Hall–Kier alpha value is -0.820. The third-order valence-electron chi connectivity index (χ3n) is 3.41. The van der Waals surface area contributed by atoms with Crippen molar-refractivity contribution < 1.29 is 0 Å². The molecule has 0 aromatic heterocycles. The molecule has 1 nitrogen and oxygen atoms in total. The first-order valence-electron chi connectivity index (χ1n) is 6.29. The topological polar surface area (TPSA) is 12.0 Å². The van der Waals surface area contributed by atoms with Gasteiger partial charge in [-0.2, -0.15) is 0 Å². The van der Waals surface area contributed by atoms with E-state index in [1.165, 1.54) is 29.5 Å². The van der Waals surface area contributed by atoms with Crippen LogP contribution in [0.4, 0.5) is 0 Å². The number of aryl methyl sites for hydroxylation is 2. The molecule has 0 saturated heterocycles. The van der Waals surface area contributed by atoms with Crippen molar-refractivity contribution >= 4 is 0 Å². The molecule has 0 atom stereocenters. The van der Waals surface area contributed by atoms with E-state index in [9.17, 15) is 0 Å². The summed E-state index contributed by atoms with van der Waals surface area (Å²) >= 11 is 0. The zero-order valence-corrected chi connectivity index (χ0v) is 10.9. The van der Waals surface area contributed by atoms with E-state index < -0.39 is 0 Å². The first kappa shape index (κ1) is 11.7. The molecular weight excluding hydrogens is 194 g/mol. The number of hydrogen-bond donors (Lipinski definition) is 1. The molecule has 2 rings (SSSR count). The molecule has 0 bridgehead atoms. The fourth-order valence-corrected chi connectivity index (χ4v) is 2.15. The maximum atomic E-state index is 3.63. The van der Waals surface area contributed by atoms with Gasteiger partial charge in [0.05, 0.1) is 0 Å². The predicted molar refractivity (Wildman–Crippen MR) is 70.0 cm³/mol. The summed E-state index contributed by atoms with van der Waals surface area (Å²) in [4.78, 5) is 0. The highest BCUT2D eigenvalue weighted by molar-refractivity contribution is 5.33. The highest BCUT2D eigenvalue weighted by atomic mass is 15.0. The molecule has 1 heteroatoms. The van der Waals surface area contributed by atoms with Crippen LogP contribution in [0, 0.1) is 13.8 Å². The van der Waals surface area contributed by atoms with Gasteiger partial charge in [0.1, 0.15) is 0 Å². The van der Waals surface area contributed by atoms with Gasteiger partial charge in [-0.05, 0) is 32.3 Å². The Bertz CT molecular complexity index is 355. The molecule has 1 saturated carbocycles. The van der Waals surface area contributed by atoms with Gasteiger partial charge >= 0.3 is 0 Å². The molecule has 0 radical (unpaired) electrons. The van der Waals surface area contributed by atoms with Gasteiger partial charge in [-0.25, -0.2) is 0 Å². The van der Waals surface area contributed by atoms with Gasteiger partial charge in [-0.1, -0.05) is 43.2 Å². The first-order valence-corrected chi connectivity index (χ1v) is 6.29. The van der Waals surface area contributed by atoms with Crippen LogP contribution >= 0.6 is 0 Å². The van der Waals surface area contributed by atoms with Crippen molar-refractivity contribution in [3.8, 4) is 0 Å². The molecule has 0 heterocycles. The monoisotopic (exact) mass is 217 g/mol. The first-order chi connectivity index (χ1) is 7.47. The smallest absolute Gasteiger partial charge is 0.00685 e. The number of benzene rings is 1. The van der Waals surface area contributed by atoms with Crippen LogP contribution in [0.5, 0.6) is 0 Å². The van der Waals surface area contributed by atoms with Crippen LogP contribution in [0.3, 0.4) is 0 Å². The average Bonchev–Trinajstić information content (AvgIpc) is 2.96. The van der Waals surface area contributed by atoms with Gasteiger partial charge in [0.15, 0.2) is 0 Å². The van der Waals surface area contributed by atoms with Gasteiger partial charge in [-0.15, -0.1) is 0 Å². The van der Waals surface area contributed by atoms with E-state index in [4.69, 9.17) is 0 Å². The van der Waals surface area contributed by atoms with E-state index in [-0.39, 0.29) is 5.41 Å². The molecule has 88 valence electrons. The summed E-state index contributed by atoms with van der Waals surface area (Å²) in [5, 5.41) is 3.63. The number of rotatable bonds is 4. The second-order valence-corrected chi connectivity index (χ2v) is 5.92. The molecule has 0 spiro atoms. The summed E-state index contributed by atoms with van der Waals surface area (Å²) in [6.45, 7) is 10.1. The standard InChI is InChI=1S/C15H23N/c1-11-7-12(2)9-13(8-11)15(3,4)10-16-14-5-6-14/h7-9,14,16H,5-6,10H2,1-4H3. The Morgan fingerprint density at radius 3 is 2.19 bits per heavy atom. The van der Waals surface area contributed by atoms with Gasteiger partial charge in [-0.3, -0.25) is 0 Å². The molecule has 1 aliphatic rings. The van der Waals surface area contributed by atoms with E-state index in [1.54, 1.807) is 0 Å². The minimum Gasteiger partial charge on any atom is -0.313 e. The predicted octanol–water partition coefficient (Wildman–Crippen LogP) is 3.33. The zero-order chi connectivity index (χ0) is 11.8. The fraction of sp³-hybridized carbons (Fsp3) is 0.600. The fourth-order valence-electron chi connectivity index (χ4n) is 2.15. The summed E-state index contributed by atoms with van der Waals surface area (Å²) in [6.07, 6.45) is 2.73. The molecule has 0 aliphatic heterocycles. The van der Waals surface area contributed by atoms with Crippen LogP contribution in [0.15, 0.2) is 18.2 Å². The zero-order valence-electron chi connectivity index (χ0n) is 10.9. The summed E-state index contributed by atoms with van der Waals surface area (Å²) in [5.74, 6) is 0. The van der Waals surface area contributed by atoms with E-state index >= 15 is 0 Å². The van der Waals surface area contributed by atoms with Crippen LogP contribution in [-0.2, 0) is 5.41 Å². The summed E-state index contributed by atoms with van der Waals surface area (Å²) in [7, 11) is 0. The summed E-state index contributed by atoms with van der Waals surface area (Å²) < 4.78 is 0. The van der Waals surface area contributed by atoms with Crippen molar-refractivity contribution in [1.82, 2.24) is 5.32 Å². The van der Waals surface area contributed by atoms with E-state index in [0.29, 0.717) is 0 Å². The van der Waals surface area contributed by atoms with E-state index in [2.05, 4.69) is 51.2 Å². The van der Waals surface area contributed by atoms with Crippen LogP contribution in [0.1, 0.15) is 43.4 Å². The van der Waals surface area contributed by atoms with Crippen LogP contribution in [-0.4, -0.2) is 12.6 Å². The molecule has 1 aromatic rings. The highest BCUT2D eigenvalue weighted by Crippen LogP contribution is 2.26. The van der Waals surface area contributed by atoms with Gasteiger partial charge in [0.2, 0.25) is 0 Å². The van der Waals surface area contributed by atoms with E-state index in [1.807, 2.05) is 0 Å². The van der Waals surface area contributed by atoms with E-state index in [0.717, 1.165) is 12.6 Å². The SMILES string of the molecule is Cc1cc(C)cc(C(C)(C)CNC2CC2)c1. The van der Waals surface area contributed by atoms with Crippen molar-refractivity contribution in [2.75, 3.05) is 6.54 Å². The largest absolute Gasteiger partial charge is 0.313 e. The second kappa shape index (κ2) is 4.21. The molecule has 1 aliphatic carbocycles. The quantitative estimate of drug-likeness (QED) is 0.815. The van der Waals surface area contributed by atoms with Crippen LogP contribution < -0.4 is 5.32 Å². The second-order valence-electron chi connectivity index (χ2n) is 5.92. The molecule has 1 N–H and O–H groups in total. The van der Waals surface area contributed by atoms with Crippen molar-refractivity contribution in [2.24, 2.45) is 0 Å². The number of hydrogen-bond acceptors (Lipinski definition) is 1.